The van der Waals surface area contributed by atoms with E-state index in [1.54, 1.807) is 11.3 Å². The first-order valence-corrected chi connectivity index (χ1v) is 10.6. The van der Waals surface area contributed by atoms with Crippen LogP contribution in [0.5, 0.6) is 5.75 Å². The van der Waals surface area contributed by atoms with Crippen molar-refractivity contribution in [2.75, 3.05) is 11.5 Å². The predicted octanol–water partition coefficient (Wildman–Crippen LogP) is 5.00. The van der Waals surface area contributed by atoms with E-state index >= 15 is 0 Å². The van der Waals surface area contributed by atoms with Gasteiger partial charge in [0.05, 0.1) is 12.3 Å². The second kappa shape index (κ2) is 8.59. The summed E-state index contributed by atoms with van der Waals surface area (Å²) in [5.41, 5.74) is 2.38. The molecule has 0 bridgehead atoms. The topological polar surface area (TPSA) is 41.6 Å². The fraction of sp³-hybridized carbons (Fsp3) is 0.130. The Morgan fingerprint density at radius 3 is 2.62 bits per heavy atom. The summed E-state index contributed by atoms with van der Waals surface area (Å²) in [6, 6.07) is 21.9. The number of benzene rings is 2. The van der Waals surface area contributed by atoms with Crippen LogP contribution in [-0.2, 0) is 11.2 Å². The zero-order valence-electron chi connectivity index (χ0n) is 15.9. The maximum absolute atomic E-state index is 13.0. The molecule has 0 spiro atoms. The Labute approximate surface area is 179 Å². The van der Waals surface area contributed by atoms with E-state index in [9.17, 15) is 4.79 Å². The van der Waals surface area contributed by atoms with Crippen LogP contribution in [0.3, 0.4) is 0 Å². The molecule has 29 heavy (non-hydrogen) atoms. The predicted molar refractivity (Wildman–Crippen MR) is 122 cm³/mol. The number of hydrogen-bond donors (Lipinski definition) is 1. The zero-order chi connectivity index (χ0) is 20.2. The SMILES string of the molecule is CCOc1ccccc1N1C(=O)/C(=C\c2ccc(Cc3ccccc3)s2)NC1=S. The molecule has 0 unspecified atom stereocenters. The van der Waals surface area contributed by atoms with Crippen LogP contribution in [-0.4, -0.2) is 17.6 Å². The average molecular weight is 421 g/mol. The number of thiocarbonyl (C=S) groups is 1. The van der Waals surface area contributed by atoms with Gasteiger partial charge in [0.2, 0.25) is 0 Å². The van der Waals surface area contributed by atoms with Crippen molar-refractivity contribution in [3.63, 3.8) is 0 Å². The van der Waals surface area contributed by atoms with Gasteiger partial charge >= 0.3 is 0 Å². The number of para-hydroxylation sites is 2. The number of carbonyl (C=O) groups is 1. The molecule has 1 aliphatic rings. The van der Waals surface area contributed by atoms with Crippen LogP contribution in [0.2, 0.25) is 0 Å². The Bertz CT molecular complexity index is 1070. The Morgan fingerprint density at radius 1 is 1.07 bits per heavy atom. The first-order chi connectivity index (χ1) is 14.2. The molecule has 1 aliphatic heterocycles. The molecule has 0 radical (unpaired) electrons. The second-order valence-corrected chi connectivity index (χ2v) is 8.08. The maximum Gasteiger partial charge on any atom is 0.281 e. The lowest BCUT2D eigenvalue weighted by molar-refractivity contribution is -0.113. The van der Waals surface area contributed by atoms with Crippen LogP contribution >= 0.6 is 23.6 Å². The van der Waals surface area contributed by atoms with E-state index in [0.29, 0.717) is 28.9 Å². The molecule has 1 fully saturated rings. The molecule has 1 N–H and O–H groups in total. The third kappa shape index (κ3) is 4.23. The molecular weight excluding hydrogens is 400 g/mol. The van der Waals surface area contributed by atoms with Crippen LogP contribution in [0.15, 0.2) is 72.4 Å². The quantitative estimate of drug-likeness (QED) is 0.450. The van der Waals surface area contributed by atoms with Crippen molar-refractivity contribution in [1.82, 2.24) is 5.32 Å². The molecule has 0 atom stereocenters. The van der Waals surface area contributed by atoms with Gasteiger partial charge in [-0.25, -0.2) is 4.90 Å². The van der Waals surface area contributed by atoms with Crippen molar-refractivity contribution in [3.8, 4) is 5.75 Å². The van der Waals surface area contributed by atoms with Gasteiger partial charge in [-0.2, -0.15) is 0 Å². The lowest BCUT2D eigenvalue weighted by Gasteiger charge is -2.17. The zero-order valence-corrected chi connectivity index (χ0v) is 17.6. The minimum absolute atomic E-state index is 0.180. The van der Waals surface area contributed by atoms with Crippen LogP contribution < -0.4 is 15.0 Å². The number of thiophene rings is 1. The number of nitrogens with zero attached hydrogens (tertiary/aromatic N) is 1. The number of rotatable bonds is 6. The summed E-state index contributed by atoms with van der Waals surface area (Å²) in [6.45, 7) is 2.43. The third-order valence-corrected chi connectivity index (χ3v) is 5.79. The summed E-state index contributed by atoms with van der Waals surface area (Å²) in [5.74, 6) is 0.454. The van der Waals surface area contributed by atoms with Crippen molar-refractivity contribution < 1.29 is 9.53 Å². The highest BCUT2D eigenvalue weighted by Gasteiger charge is 2.33. The van der Waals surface area contributed by atoms with Gasteiger partial charge in [0.15, 0.2) is 5.11 Å². The van der Waals surface area contributed by atoms with Gasteiger partial charge in [-0.1, -0.05) is 42.5 Å². The summed E-state index contributed by atoms with van der Waals surface area (Å²) in [6.07, 6.45) is 2.74. The largest absolute Gasteiger partial charge is 0.492 e. The van der Waals surface area contributed by atoms with Crippen molar-refractivity contribution in [1.29, 1.82) is 0 Å². The van der Waals surface area contributed by atoms with Crippen molar-refractivity contribution >= 4 is 46.3 Å². The molecule has 1 amide bonds. The molecule has 2 heterocycles. The summed E-state index contributed by atoms with van der Waals surface area (Å²) in [5, 5.41) is 3.41. The summed E-state index contributed by atoms with van der Waals surface area (Å²) in [7, 11) is 0. The van der Waals surface area contributed by atoms with E-state index in [2.05, 4.69) is 23.5 Å². The van der Waals surface area contributed by atoms with Crippen molar-refractivity contribution in [3.05, 3.63) is 87.7 Å². The highest BCUT2D eigenvalue weighted by molar-refractivity contribution is 7.80. The van der Waals surface area contributed by atoms with Gasteiger partial charge < -0.3 is 10.1 Å². The highest BCUT2D eigenvalue weighted by atomic mass is 32.1. The van der Waals surface area contributed by atoms with E-state index < -0.39 is 0 Å². The number of amides is 1. The van der Waals surface area contributed by atoms with Gasteiger partial charge in [-0.15, -0.1) is 11.3 Å². The normalized spacial score (nSPS) is 15.1. The van der Waals surface area contributed by atoms with E-state index in [1.165, 1.54) is 15.3 Å². The van der Waals surface area contributed by atoms with Gasteiger partial charge in [-0.3, -0.25) is 4.79 Å². The minimum Gasteiger partial charge on any atom is -0.492 e. The summed E-state index contributed by atoms with van der Waals surface area (Å²) < 4.78 is 5.66. The molecule has 146 valence electrons. The molecule has 4 rings (SSSR count). The van der Waals surface area contributed by atoms with Crippen molar-refractivity contribution in [2.24, 2.45) is 0 Å². The van der Waals surface area contributed by atoms with Gasteiger partial charge in [0.1, 0.15) is 11.4 Å². The summed E-state index contributed by atoms with van der Waals surface area (Å²) >= 11 is 7.10. The van der Waals surface area contributed by atoms with E-state index in [4.69, 9.17) is 17.0 Å². The fourth-order valence-corrected chi connectivity index (χ4v) is 4.46. The van der Waals surface area contributed by atoms with Crippen LogP contribution in [0.4, 0.5) is 5.69 Å². The van der Waals surface area contributed by atoms with Crippen LogP contribution in [0.1, 0.15) is 22.2 Å². The molecule has 4 nitrogen and oxygen atoms in total. The first-order valence-electron chi connectivity index (χ1n) is 9.37. The lowest BCUT2D eigenvalue weighted by Crippen LogP contribution is -2.30. The molecule has 1 aromatic heterocycles. The number of anilines is 1. The molecule has 1 saturated heterocycles. The molecular formula is C23H20N2O2S2. The standard InChI is InChI=1S/C23H20N2O2S2/c1-2-27-21-11-7-6-10-20(21)25-22(26)19(24-23(25)28)15-18-13-12-17(29-18)14-16-8-4-3-5-9-16/h3-13,15H,2,14H2,1H3,(H,24,28)/b19-15+. The smallest absolute Gasteiger partial charge is 0.281 e. The highest BCUT2D eigenvalue weighted by Crippen LogP contribution is 2.32. The molecule has 6 heteroatoms. The van der Waals surface area contributed by atoms with Crippen LogP contribution in [0.25, 0.3) is 6.08 Å². The Balaban J connectivity index is 1.56. The number of hydrogen-bond acceptors (Lipinski definition) is 4. The second-order valence-electron chi connectivity index (χ2n) is 6.50. The molecule has 2 aromatic carbocycles. The van der Waals surface area contributed by atoms with E-state index in [1.807, 2.05) is 61.5 Å². The average Bonchev–Trinajstić information content (AvgIpc) is 3.27. The first kappa shape index (κ1) is 19.4. The van der Waals surface area contributed by atoms with E-state index in [0.717, 1.165) is 11.3 Å². The fourth-order valence-electron chi connectivity index (χ4n) is 3.18. The molecule has 3 aromatic rings. The monoisotopic (exact) mass is 420 g/mol. The van der Waals surface area contributed by atoms with Gasteiger partial charge in [0.25, 0.3) is 5.91 Å². The van der Waals surface area contributed by atoms with Gasteiger partial charge in [0, 0.05) is 16.2 Å². The number of carbonyl (C=O) groups excluding carboxylic acids is 1. The third-order valence-electron chi connectivity index (χ3n) is 4.47. The number of ether oxygens (including phenoxy) is 1. The lowest BCUT2D eigenvalue weighted by atomic mass is 10.1. The Morgan fingerprint density at radius 2 is 1.83 bits per heavy atom. The molecule has 0 saturated carbocycles. The Hall–Kier alpha value is -2.96. The molecule has 0 aliphatic carbocycles. The van der Waals surface area contributed by atoms with E-state index in [-0.39, 0.29) is 5.91 Å². The van der Waals surface area contributed by atoms with Crippen LogP contribution in [0, 0.1) is 0 Å². The van der Waals surface area contributed by atoms with Gasteiger partial charge in [-0.05, 0) is 55.0 Å². The van der Waals surface area contributed by atoms with Crippen molar-refractivity contribution in [2.45, 2.75) is 13.3 Å². The maximum atomic E-state index is 13.0. The number of nitrogens with one attached hydrogen (secondary N) is 1. The summed E-state index contributed by atoms with van der Waals surface area (Å²) in [4.78, 5) is 16.8. The minimum atomic E-state index is -0.180. The Kier molecular flexibility index (Phi) is 5.74.